The van der Waals surface area contributed by atoms with Gasteiger partial charge in [-0.05, 0) is 49.9 Å². The van der Waals surface area contributed by atoms with Crippen molar-refractivity contribution in [1.29, 1.82) is 0 Å². The molecule has 0 radical (unpaired) electrons. The lowest BCUT2D eigenvalue weighted by Gasteiger charge is -2.29. The highest BCUT2D eigenvalue weighted by molar-refractivity contribution is 6.33. The first kappa shape index (κ1) is 23.8. The van der Waals surface area contributed by atoms with Crippen LogP contribution in [-0.2, 0) is 4.74 Å². The summed E-state index contributed by atoms with van der Waals surface area (Å²) in [7, 11) is 0. The molecule has 2 aromatic rings. The standard InChI is InChI=1S/C22H26ClFN6O4/c23-19-18(11-25-29-20(19)31)30-10-9-17(12-30)34-22(33)28-16-7-5-15(6-8-16)27-21(32)26-14-3-1-13(24)2-4-14/h1-4,11,15-17H,5-10,12H2,(H,28,33)(H,29,31)(H2,26,27,32)/t15-,16+,17-/m1/s1. The van der Waals surface area contributed by atoms with Crippen molar-refractivity contribution in [2.75, 3.05) is 23.3 Å². The van der Waals surface area contributed by atoms with Gasteiger partial charge in [-0.2, -0.15) is 5.10 Å². The summed E-state index contributed by atoms with van der Waals surface area (Å²) in [6.45, 7) is 1.03. The van der Waals surface area contributed by atoms with E-state index in [9.17, 15) is 18.8 Å². The Labute approximate surface area is 200 Å². The van der Waals surface area contributed by atoms with Crippen LogP contribution in [0.3, 0.4) is 0 Å². The predicted molar refractivity (Wildman–Crippen MR) is 125 cm³/mol. The van der Waals surface area contributed by atoms with Crippen molar-refractivity contribution in [2.45, 2.75) is 50.3 Å². The van der Waals surface area contributed by atoms with Gasteiger partial charge in [-0.1, -0.05) is 11.6 Å². The third-order valence-electron chi connectivity index (χ3n) is 6.02. The Balaban J connectivity index is 1.16. The normalized spacial score (nSPS) is 22.2. The first-order valence-corrected chi connectivity index (χ1v) is 11.5. The molecule has 0 bridgehead atoms. The molecule has 1 aromatic carbocycles. The number of ether oxygens (including phenoxy) is 1. The van der Waals surface area contributed by atoms with Crippen LogP contribution in [0.2, 0.25) is 5.02 Å². The van der Waals surface area contributed by atoms with E-state index < -0.39 is 11.7 Å². The summed E-state index contributed by atoms with van der Waals surface area (Å²) < 4.78 is 18.5. The second-order valence-electron chi connectivity index (χ2n) is 8.46. The number of nitrogens with one attached hydrogen (secondary N) is 4. The molecule has 1 aliphatic heterocycles. The number of H-pyrrole nitrogens is 1. The second kappa shape index (κ2) is 10.7. The van der Waals surface area contributed by atoms with Crippen LogP contribution in [-0.4, -0.2) is 53.6 Å². The van der Waals surface area contributed by atoms with Gasteiger partial charge < -0.3 is 25.6 Å². The van der Waals surface area contributed by atoms with Crippen LogP contribution in [0.5, 0.6) is 0 Å². The van der Waals surface area contributed by atoms with Crippen molar-refractivity contribution in [3.8, 4) is 0 Å². The number of nitrogens with zero attached hydrogens (tertiary/aromatic N) is 2. The Morgan fingerprint density at radius 2 is 1.76 bits per heavy atom. The van der Waals surface area contributed by atoms with Gasteiger partial charge in [0.2, 0.25) is 0 Å². The number of alkyl carbamates (subject to hydrolysis) is 1. The average Bonchev–Trinajstić information content (AvgIpc) is 3.26. The molecular weight excluding hydrogens is 467 g/mol. The van der Waals surface area contributed by atoms with E-state index in [1.165, 1.54) is 30.5 Å². The van der Waals surface area contributed by atoms with E-state index in [4.69, 9.17) is 16.3 Å². The van der Waals surface area contributed by atoms with Crippen LogP contribution in [0.15, 0.2) is 35.3 Å². The maximum Gasteiger partial charge on any atom is 0.407 e. The smallest absolute Gasteiger partial charge is 0.407 e. The minimum absolute atomic E-state index is 0.00899. The zero-order valence-electron chi connectivity index (χ0n) is 18.4. The molecule has 1 aromatic heterocycles. The first-order chi connectivity index (χ1) is 16.4. The van der Waals surface area contributed by atoms with E-state index in [0.717, 1.165) is 0 Å². The summed E-state index contributed by atoms with van der Waals surface area (Å²) in [5.41, 5.74) is 0.575. The number of benzene rings is 1. The van der Waals surface area contributed by atoms with Gasteiger partial charge in [0.15, 0.2) is 0 Å². The van der Waals surface area contributed by atoms with Gasteiger partial charge in [0, 0.05) is 30.7 Å². The zero-order valence-corrected chi connectivity index (χ0v) is 19.1. The van der Waals surface area contributed by atoms with Crippen LogP contribution in [0, 0.1) is 5.82 Å². The number of amides is 3. The van der Waals surface area contributed by atoms with Crippen LogP contribution in [0.1, 0.15) is 32.1 Å². The molecule has 0 spiro atoms. The number of rotatable bonds is 5. The molecule has 1 saturated heterocycles. The van der Waals surface area contributed by atoms with Gasteiger partial charge in [-0.3, -0.25) is 4.79 Å². The van der Waals surface area contributed by atoms with Crippen molar-refractivity contribution in [1.82, 2.24) is 20.8 Å². The molecular formula is C22H26ClFN6O4. The van der Waals surface area contributed by atoms with E-state index in [2.05, 4.69) is 26.1 Å². The molecule has 34 heavy (non-hydrogen) atoms. The topological polar surface area (TPSA) is 128 Å². The van der Waals surface area contributed by atoms with Gasteiger partial charge in [-0.25, -0.2) is 19.1 Å². The van der Waals surface area contributed by atoms with Gasteiger partial charge in [0.1, 0.15) is 16.9 Å². The third-order valence-corrected chi connectivity index (χ3v) is 6.39. The van der Waals surface area contributed by atoms with Crippen molar-refractivity contribution in [3.05, 3.63) is 51.7 Å². The Kier molecular flexibility index (Phi) is 7.51. The lowest BCUT2D eigenvalue weighted by atomic mass is 9.91. The summed E-state index contributed by atoms with van der Waals surface area (Å²) in [4.78, 5) is 38.0. The minimum Gasteiger partial charge on any atom is -0.444 e. The number of urea groups is 1. The maximum absolute atomic E-state index is 13.0. The first-order valence-electron chi connectivity index (χ1n) is 11.2. The van der Waals surface area contributed by atoms with Crippen LogP contribution < -0.4 is 26.4 Å². The molecule has 3 amide bonds. The number of anilines is 2. The Hall–Kier alpha value is -3.34. The Bertz CT molecular complexity index is 1070. The highest BCUT2D eigenvalue weighted by Gasteiger charge is 2.29. The van der Waals surface area contributed by atoms with Crippen molar-refractivity contribution < 1.29 is 18.7 Å². The third kappa shape index (κ3) is 6.16. The molecule has 182 valence electrons. The molecule has 1 aliphatic carbocycles. The number of hydrogen-bond acceptors (Lipinski definition) is 6. The van der Waals surface area contributed by atoms with Crippen molar-refractivity contribution in [2.24, 2.45) is 0 Å². The lowest BCUT2D eigenvalue weighted by Crippen LogP contribution is -2.45. The van der Waals surface area contributed by atoms with E-state index >= 15 is 0 Å². The number of carbonyl (C=O) groups excluding carboxylic acids is 2. The molecule has 1 atom stereocenters. The molecule has 0 unspecified atom stereocenters. The largest absolute Gasteiger partial charge is 0.444 e. The molecule has 2 heterocycles. The number of aromatic amines is 1. The molecule has 4 rings (SSSR count). The zero-order chi connectivity index (χ0) is 24.1. The van der Waals surface area contributed by atoms with Crippen LogP contribution >= 0.6 is 11.6 Å². The molecule has 2 fully saturated rings. The van der Waals surface area contributed by atoms with Gasteiger partial charge in [-0.15, -0.1) is 0 Å². The van der Waals surface area contributed by atoms with E-state index in [0.29, 0.717) is 56.6 Å². The monoisotopic (exact) mass is 492 g/mol. The van der Waals surface area contributed by atoms with Crippen molar-refractivity contribution >= 4 is 35.1 Å². The number of hydrogen-bond donors (Lipinski definition) is 4. The van der Waals surface area contributed by atoms with Gasteiger partial charge in [0.05, 0.1) is 18.4 Å². The molecule has 4 N–H and O–H groups in total. The summed E-state index contributed by atoms with van der Waals surface area (Å²) in [5, 5.41) is 14.6. The number of halogens is 2. The highest BCUT2D eigenvalue weighted by atomic mass is 35.5. The molecule has 1 saturated carbocycles. The number of carbonyl (C=O) groups is 2. The minimum atomic E-state index is -0.479. The average molecular weight is 493 g/mol. The SMILES string of the molecule is O=C(Nc1ccc(F)cc1)N[C@H]1CC[C@@H](NC(=O)O[C@@H]2CCN(c3cn[nH]c(=O)c3Cl)C2)CC1. The van der Waals surface area contributed by atoms with Crippen LogP contribution in [0.4, 0.5) is 25.4 Å². The van der Waals surface area contributed by atoms with Crippen LogP contribution in [0.25, 0.3) is 0 Å². The predicted octanol–water partition coefficient (Wildman–Crippen LogP) is 3.00. The summed E-state index contributed by atoms with van der Waals surface area (Å²) in [6.07, 6.45) is 4.16. The quantitative estimate of drug-likeness (QED) is 0.508. The second-order valence-corrected chi connectivity index (χ2v) is 8.84. The lowest BCUT2D eigenvalue weighted by molar-refractivity contribution is 0.102. The van der Waals surface area contributed by atoms with E-state index in [1.54, 1.807) is 0 Å². The van der Waals surface area contributed by atoms with Gasteiger partial charge >= 0.3 is 12.1 Å². The summed E-state index contributed by atoms with van der Waals surface area (Å²) >= 11 is 6.06. The van der Waals surface area contributed by atoms with E-state index in [1.807, 2.05) is 4.90 Å². The molecule has 12 heteroatoms. The van der Waals surface area contributed by atoms with Gasteiger partial charge in [0.25, 0.3) is 5.56 Å². The molecule has 2 aliphatic rings. The Morgan fingerprint density at radius 3 is 2.47 bits per heavy atom. The van der Waals surface area contributed by atoms with Crippen molar-refractivity contribution in [3.63, 3.8) is 0 Å². The molecule has 10 nitrogen and oxygen atoms in total. The summed E-state index contributed by atoms with van der Waals surface area (Å²) in [6, 6.07) is 5.17. The maximum atomic E-state index is 13.0. The highest BCUT2D eigenvalue weighted by Crippen LogP contribution is 2.26. The fourth-order valence-electron chi connectivity index (χ4n) is 4.26. The summed E-state index contributed by atoms with van der Waals surface area (Å²) in [5.74, 6) is -0.366. The Morgan fingerprint density at radius 1 is 1.09 bits per heavy atom. The number of aromatic nitrogens is 2. The fourth-order valence-corrected chi connectivity index (χ4v) is 4.47. The van der Waals surface area contributed by atoms with E-state index in [-0.39, 0.29) is 35.1 Å². The fraction of sp³-hybridized carbons (Fsp3) is 0.455.